The maximum atomic E-state index is 8.72. The van der Waals surface area contributed by atoms with Crippen molar-refractivity contribution in [2.45, 2.75) is 39.7 Å². The van der Waals surface area contributed by atoms with E-state index in [1.807, 2.05) is 20.8 Å². The summed E-state index contributed by atoms with van der Waals surface area (Å²) >= 11 is 5.89. The average molecular weight is 187 g/mol. The molecular formula is C9H15ClN2. The van der Waals surface area contributed by atoms with E-state index in [1.54, 1.807) is 0 Å². The molecule has 12 heavy (non-hydrogen) atoms. The highest BCUT2D eigenvalue weighted by molar-refractivity contribution is 6.30. The van der Waals surface area contributed by atoms with Crippen LogP contribution < -0.4 is 5.32 Å². The zero-order valence-electron chi connectivity index (χ0n) is 7.82. The van der Waals surface area contributed by atoms with E-state index >= 15 is 0 Å². The zero-order valence-corrected chi connectivity index (χ0v) is 8.57. The van der Waals surface area contributed by atoms with Gasteiger partial charge in [-0.05, 0) is 20.3 Å². The van der Waals surface area contributed by atoms with Gasteiger partial charge >= 0.3 is 0 Å². The smallest absolute Gasteiger partial charge is 0.128 e. The van der Waals surface area contributed by atoms with Crippen LogP contribution in [0.2, 0.25) is 0 Å². The van der Waals surface area contributed by atoms with Gasteiger partial charge in [0.25, 0.3) is 0 Å². The van der Waals surface area contributed by atoms with E-state index < -0.39 is 0 Å². The first-order valence-electron chi connectivity index (χ1n) is 4.17. The lowest BCUT2D eigenvalue weighted by Crippen LogP contribution is -2.21. The van der Waals surface area contributed by atoms with E-state index in [0.29, 0.717) is 10.7 Å². The molecule has 0 amide bonds. The minimum atomic E-state index is 0.255. The van der Waals surface area contributed by atoms with E-state index in [2.05, 4.69) is 11.4 Å². The second-order valence-corrected chi connectivity index (χ2v) is 3.40. The second-order valence-electron chi connectivity index (χ2n) is 2.94. The summed E-state index contributed by atoms with van der Waals surface area (Å²) in [6.07, 6.45) is 1.73. The molecule has 0 rings (SSSR count). The fourth-order valence-corrected chi connectivity index (χ4v) is 1.09. The summed E-state index contributed by atoms with van der Waals surface area (Å²) < 4.78 is 0. The molecule has 0 saturated heterocycles. The first-order chi connectivity index (χ1) is 5.61. The Balaban J connectivity index is 4.31. The molecule has 0 bridgehead atoms. The molecule has 0 saturated carbocycles. The van der Waals surface area contributed by atoms with Gasteiger partial charge in [0.2, 0.25) is 0 Å². The number of allylic oxidation sites excluding steroid dienone is 2. The molecule has 3 heteroatoms. The maximum absolute atomic E-state index is 8.72. The Labute approximate surface area is 79.2 Å². The monoisotopic (exact) mass is 186 g/mol. The van der Waals surface area contributed by atoms with Crippen LogP contribution in [-0.4, -0.2) is 6.04 Å². The summed E-state index contributed by atoms with van der Waals surface area (Å²) in [6.45, 7) is 5.99. The van der Waals surface area contributed by atoms with Crippen molar-refractivity contribution in [1.82, 2.24) is 5.32 Å². The Morgan fingerprint density at radius 2 is 2.17 bits per heavy atom. The molecular weight excluding hydrogens is 172 g/mol. The van der Waals surface area contributed by atoms with Crippen molar-refractivity contribution >= 4 is 11.6 Å². The molecule has 68 valence electrons. The van der Waals surface area contributed by atoms with Gasteiger partial charge in [0, 0.05) is 6.04 Å². The Kier molecular flexibility index (Phi) is 5.57. The summed E-state index contributed by atoms with van der Waals surface area (Å²) in [7, 11) is 0. The Morgan fingerprint density at radius 1 is 1.58 bits per heavy atom. The fraction of sp³-hybridized carbons (Fsp3) is 0.667. The minimum absolute atomic E-state index is 0.255. The van der Waals surface area contributed by atoms with Crippen LogP contribution in [0.25, 0.3) is 0 Å². The van der Waals surface area contributed by atoms with Crippen LogP contribution in [0.1, 0.15) is 33.6 Å². The highest BCUT2D eigenvalue weighted by Gasteiger charge is 2.03. The third-order valence-electron chi connectivity index (χ3n) is 1.29. The normalized spacial score (nSPS) is 12.3. The highest BCUT2D eigenvalue weighted by atomic mass is 35.5. The van der Waals surface area contributed by atoms with Gasteiger partial charge in [-0.2, -0.15) is 5.26 Å². The van der Waals surface area contributed by atoms with E-state index in [-0.39, 0.29) is 6.04 Å². The van der Waals surface area contributed by atoms with Gasteiger partial charge in [0.15, 0.2) is 0 Å². The van der Waals surface area contributed by atoms with Crippen LogP contribution in [0.4, 0.5) is 0 Å². The van der Waals surface area contributed by atoms with Gasteiger partial charge in [-0.15, -0.1) is 0 Å². The molecule has 1 N–H and O–H groups in total. The van der Waals surface area contributed by atoms with Crippen LogP contribution in [-0.2, 0) is 0 Å². The lowest BCUT2D eigenvalue weighted by atomic mass is 10.2. The van der Waals surface area contributed by atoms with Gasteiger partial charge < -0.3 is 5.32 Å². The molecule has 0 aromatic heterocycles. The molecule has 0 atom stereocenters. The summed E-state index contributed by atoms with van der Waals surface area (Å²) in [5.41, 5.74) is 0.508. The van der Waals surface area contributed by atoms with Gasteiger partial charge in [0.1, 0.15) is 11.8 Å². The van der Waals surface area contributed by atoms with E-state index in [0.717, 1.165) is 12.8 Å². The highest BCUT2D eigenvalue weighted by Crippen LogP contribution is 2.13. The lowest BCUT2D eigenvalue weighted by Gasteiger charge is -2.09. The molecule has 0 aliphatic carbocycles. The van der Waals surface area contributed by atoms with Crippen molar-refractivity contribution in [3.8, 4) is 6.07 Å². The van der Waals surface area contributed by atoms with E-state index in [4.69, 9.17) is 16.9 Å². The summed E-state index contributed by atoms with van der Waals surface area (Å²) in [5.74, 6) is 0. The largest absolute Gasteiger partial charge is 0.373 e. The van der Waals surface area contributed by atoms with Crippen molar-refractivity contribution in [3.05, 3.63) is 10.7 Å². The van der Waals surface area contributed by atoms with E-state index in [9.17, 15) is 0 Å². The quantitative estimate of drug-likeness (QED) is 0.686. The number of nitrogens with one attached hydrogen (secondary N) is 1. The number of hydrogen-bond donors (Lipinski definition) is 1. The van der Waals surface area contributed by atoms with Gasteiger partial charge in [-0.1, -0.05) is 24.9 Å². The number of halogens is 1. The van der Waals surface area contributed by atoms with Crippen molar-refractivity contribution in [3.63, 3.8) is 0 Å². The molecule has 0 radical (unpaired) electrons. The summed E-state index contributed by atoms with van der Waals surface area (Å²) in [5, 5.41) is 12.4. The molecule has 2 nitrogen and oxygen atoms in total. The standard InChI is InChI=1S/C9H15ClN2/c1-4-5-8(10)9(6-11)12-7(2)3/h7,12H,4-5H2,1-3H3/b9-8-. The Bertz CT molecular complexity index is 201. The van der Waals surface area contributed by atoms with Crippen LogP contribution >= 0.6 is 11.6 Å². The van der Waals surface area contributed by atoms with Gasteiger partial charge in [0.05, 0.1) is 5.03 Å². The second kappa shape index (κ2) is 5.91. The maximum Gasteiger partial charge on any atom is 0.128 e. The Morgan fingerprint density at radius 3 is 2.50 bits per heavy atom. The molecule has 0 aliphatic rings. The van der Waals surface area contributed by atoms with Crippen LogP contribution in [0, 0.1) is 11.3 Å². The van der Waals surface area contributed by atoms with Gasteiger partial charge in [-0.3, -0.25) is 0 Å². The fourth-order valence-electron chi connectivity index (χ4n) is 0.804. The number of rotatable bonds is 4. The number of nitriles is 1. The van der Waals surface area contributed by atoms with Crippen molar-refractivity contribution in [1.29, 1.82) is 5.26 Å². The van der Waals surface area contributed by atoms with Crippen molar-refractivity contribution < 1.29 is 0 Å². The van der Waals surface area contributed by atoms with Crippen molar-refractivity contribution in [2.75, 3.05) is 0 Å². The average Bonchev–Trinajstić information content (AvgIpc) is 2.00. The van der Waals surface area contributed by atoms with Gasteiger partial charge in [-0.25, -0.2) is 0 Å². The molecule has 0 aromatic rings. The summed E-state index contributed by atoms with van der Waals surface area (Å²) in [6, 6.07) is 2.31. The van der Waals surface area contributed by atoms with Crippen LogP contribution in [0.5, 0.6) is 0 Å². The number of nitrogens with zero attached hydrogens (tertiary/aromatic N) is 1. The first-order valence-corrected chi connectivity index (χ1v) is 4.54. The number of hydrogen-bond acceptors (Lipinski definition) is 2. The predicted molar refractivity (Wildman–Crippen MR) is 51.7 cm³/mol. The third-order valence-corrected chi connectivity index (χ3v) is 1.66. The topological polar surface area (TPSA) is 35.8 Å². The van der Waals surface area contributed by atoms with Crippen LogP contribution in [0.15, 0.2) is 10.7 Å². The Hall–Kier alpha value is -0.680. The molecule has 0 unspecified atom stereocenters. The summed E-state index contributed by atoms with van der Waals surface area (Å²) in [4.78, 5) is 0. The molecule has 0 aromatic carbocycles. The molecule has 0 heterocycles. The SMILES string of the molecule is CCC/C(Cl)=C(\C#N)NC(C)C. The van der Waals surface area contributed by atoms with Crippen LogP contribution in [0.3, 0.4) is 0 Å². The first kappa shape index (κ1) is 11.3. The van der Waals surface area contributed by atoms with Crippen molar-refractivity contribution in [2.24, 2.45) is 0 Å². The van der Waals surface area contributed by atoms with E-state index in [1.165, 1.54) is 0 Å². The molecule has 0 spiro atoms. The minimum Gasteiger partial charge on any atom is -0.373 e. The lowest BCUT2D eigenvalue weighted by molar-refractivity contribution is 0.677. The molecule has 0 aliphatic heterocycles. The predicted octanol–water partition coefficient (Wildman–Crippen LogP) is 2.76. The zero-order chi connectivity index (χ0) is 9.56. The third kappa shape index (κ3) is 4.25. The molecule has 0 fully saturated rings.